The van der Waals surface area contributed by atoms with Gasteiger partial charge in [0.2, 0.25) is 0 Å². The molecular formula is C24H38O4. The van der Waals surface area contributed by atoms with Gasteiger partial charge in [0.15, 0.2) is 6.61 Å². The molecule has 158 valence electrons. The lowest BCUT2D eigenvalue weighted by atomic mass is 9.81. The van der Waals surface area contributed by atoms with Crippen LogP contribution in [0.3, 0.4) is 0 Å². The highest BCUT2D eigenvalue weighted by Crippen LogP contribution is 2.42. The van der Waals surface area contributed by atoms with Crippen LogP contribution >= 0.6 is 0 Å². The Hall–Kier alpha value is -1.55. The number of carbonyl (C=O) groups is 1. The van der Waals surface area contributed by atoms with Crippen LogP contribution in [0, 0.1) is 24.7 Å². The van der Waals surface area contributed by atoms with E-state index in [9.17, 15) is 9.90 Å². The smallest absolute Gasteiger partial charge is 0.341 e. The Labute approximate surface area is 170 Å². The molecule has 0 radical (unpaired) electrons. The number of benzene rings is 1. The first-order valence-corrected chi connectivity index (χ1v) is 11.0. The average molecular weight is 391 g/mol. The van der Waals surface area contributed by atoms with Gasteiger partial charge in [0, 0.05) is 0 Å². The highest BCUT2D eigenvalue weighted by Gasteiger charge is 2.39. The lowest BCUT2D eigenvalue weighted by Crippen LogP contribution is -2.22. The van der Waals surface area contributed by atoms with Crippen molar-refractivity contribution in [1.82, 2.24) is 0 Å². The third-order valence-corrected chi connectivity index (χ3v) is 6.48. The molecule has 4 heteroatoms. The second-order valence-corrected chi connectivity index (χ2v) is 8.59. The summed E-state index contributed by atoms with van der Waals surface area (Å²) < 4.78 is 5.44. The zero-order valence-corrected chi connectivity index (χ0v) is 17.8. The molecule has 1 aliphatic rings. The molecule has 0 saturated heterocycles. The lowest BCUT2D eigenvalue weighted by molar-refractivity contribution is -0.139. The molecule has 4 atom stereocenters. The molecule has 1 aromatic carbocycles. The first-order chi connectivity index (χ1) is 13.4. The van der Waals surface area contributed by atoms with Crippen molar-refractivity contribution in [3.63, 3.8) is 0 Å². The van der Waals surface area contributed by atoms with Gasteiger partial charge in [0.1, 0.15) is 5.75 Å². The molecule has 0 heterocycles. The normalized spacial score (nSPS) is 24.4. The van der Waals surface area contributed by atoms with Crippen LogP contribution in [-0.4, -0.2) is 28.9 Å². The summed E-state index contributed by atoms with van der Waals surface area (Å²) in [5.41, 5.74) is 2.23. The van der Waals surface area contributed by atoms with Crippen LogP contribution in [0.25, 0.3) is 0 Å². The Balaban J connectivity index is 1.97. The maximum absolute atomic E-state index is 10.8. The summed E-state index contributed by atoms with van der Waals surface area (Å²) >= 11 is 0. The molecule has 28 heavy (non-hydrogen) atoms. The van der Waals surface area contributed by atoms with Gasteiger partial charge in [-0.2, -0.15) is 0 Å². The van der Waals surface area contributed by atoms with Gasteiger partial charge in [0.25, 0.3) is 0 Å². The van der Waals surface area contributed by atoms with E-state index in [1.807, 2.05) is 19.1 Å². The monoisotopic (exact) mass is 390 g/mol. The number of carboxylic acid groups (broad SMARTS) is 1. The topological polar surface area (TPSA) is 66.8 Å². The maximum Gasteiger partial charge on any atom is 0.341 e. The molecule has 0 unspecified atom stereocenters. The van der Waals surface area contributed by atoms with Gasteiger partial charge >= 0.3 is 5.97 Å². The Morgan fingerprint density at radius 1 is 1.14 bits per heavy atom. The minimum Gasteiger partial charge on any atom is -0.482 e. The first kappa shape index (κ1) is 22.7. The summed E-state index contributed by atoms with van der Waals surface area (Å²) in [5.74, 6) is 1.03. The number of rotatable bonds is 12. The quantitative estimate of drug-likeness (QED) is 0.470. The van der Waals surface area contributed by atoms with Gasteiger partial charge in [-0.3, -0.25) is 0 Å². The maximum atomic E-state index is 10.8. The number of unbranched alkanes of at least 4 members (excludes halogenated alkanes) is 5. The van der Waals surface area contributed by atoms with E-state index in [1.54, 1.807) is 0 Å². The molecule has 1 saturated carbocycles. The summed E-state index contributed by atoms with van der Waals surface area (Å²) in [6, 6.07) is 5.89. The third kappa shape index (κ3) is 6.51. The molecule has 0 aromatic heterocycles. The molecule has 0 spiro atoms. The van der Waals surface area contributed by atoms with Crippen LogP contribution in [0.15, 0.2) is 18.2 Å². The molecule has 2 rings (SSSR count). The van der Waals surface area contributed by atoms with Crippen molar-refractivity contribution in [1.29, 1.82) is 0 Å². The van der Waals surface area contributed by atoms with Gasteiger partial charge in [0.05, 0.1) is 6.10 Å². The molecule has 1 fully saturated rings. The summed E-state index contributed by atoms with van der Waals surface area (Å²) in [6.45, 7) is 6.19. The molecule has 2 N–H and O–H groups in total. The van der Waals surface area contributed by atoms with E-state index in [0.717, 1.165) is 24.8 Å². The van der Waals surface area contributed by atoms with E-state index in [4.69, 9.17) is 9.84 Å². The number of aliphatic hydroxyl groups excluding tert-OH is 1. The van der Waals surface area contributed by atoms with Crippen molar-refractivity contribution < 1.29 is 19.7 Å². The fourth-order valence-electron chi connectivity index (χ4n) is 4.79. The van der Waals surface area contributed by atoms with Crippen LogP contribution in [-0.2, 0) is 11.2 Å². The third-order valence-electron chi connectivity index (χ3n) is 6.48. The number of hydrogen-bond donors (Lipinski definition) is 2. The lowest BCUT2D eigenvalue weighted by Gasteiger charge is -2.25. The van der Waals surface area contributed by atoms with Crippen molar-refractivity contribution in [3.05, 3.63) is 29.3 Å². The number of carboxylic acids is 1. The Morgan fingerprint density at radius 3 is 2.57 bits per heavy atom. The number of aliphatic hydroxyl groups is 1. The van der Waals surface area contributed by atoms with E-state index < -0.39 is 5.97 Å². The molecule has 0 bridgehead atoms. The van der Waals surface area contributed by atoms with E-state index in [0.29, 0.717) is 23.5 Å². The SMILES string of the molecule is CCCCCCCC[C@@H]1[C@@H](Cc2cccc(OCC(=O)O)c2C)[C@@H](C)C[C@H]1O. The molecule has 4 nitrogen and oxygen atoms in total. The predicted molar refractivity (Wildman–Crippen MR) is 113 cm³/mol. The molecule has 1 aliphatic carbocycles. The minimum atomic E-state index is -0.962. The van der Waals surface area contributed by atoms with Crippen molar-refractivity contribution in [2.75, 3.05) is 6.61 Å². The minimum absolute atomic E-state index is 0.192. The van der Waals surface area contributed by atoms with E-state index in [-0.39, 0.29) is 12.7 Å². The first-order valence-electron chi connectivity index (χ1n) is 11.0. The molecule has 0 aliphatic heterocycles. The Kier molecular flexibility index (Phi) is 9.30. The van der Waals surface area contributed by atoms with Gasteiger partial charge < -0.3 is 14.9 Å². The summed E-state index contributed by atoms with van der Waals surface area (Å²) in [7, 11) is 0. The average Bonchev–Trinajstić information content (AvgIpc) is 2.91. The zero-order chi connectivity index (χ0) is 20.5. The van der Waals surface area contributed by atoms with Crippen LogP contribution in [0.4, 0.5) is 0 Å². The zero-order valence-electron chi connectivity index (χ0n) is 17.8. The Bertz CT molecular complexity index is 613. The van der Waals surface area contributed by atoms with Crippen molar-refractivity contribution >= 4 is 5.97 Å². The van der Waals surface area contributed by atoms with E-state index in [2.05, 4.69) is 19.9 Å². The van der Waals surface area contributed by atoms with Crippen LogP contribution < -0.4 is 4.74 Å². The van der Waals surface area contributed by atoms with Crippen LogP contribution in [0.2, 0.25) is 0 Å². The summed E-state index contributed by atoms with van der Waals surface area (Å²) in [6.07, 6.45) is 10.4. The van der Waals surface area contributed by atoms with E-state index in [1.165, 1.54) is 44.1 Å². The number of hydrogen-bond acceptors (Lipinski definition) is 3. The fourth-order valence-corrected chi connectivity index (χ4v) is 4.79. The Morgan fingerprint density at radius 2 is 1.86 bits per heavy atom. The predicted octanol–water partition coefficient (Wildman–Crippen LogP) is 5.38. The number of ether oxygens (including phenoxy) is 1. The van der Waals surface area contributed by atoms with Crippen LogP contribution in [0.5, 0.6) is 5.75 Å². The summed E-state index contributed by atoms with van der Waals surface area (Å²) in [4.78, 5) is 10.8. The van der Waals surface area contributed by atoms with E-state index >= 15 is 0 Å². The molecular weight excluding hydrogens is 352 g/mol. The van der Waals surface area contributed by atoms with Crippen molar-refractivity contribution in [2.24, 2.45) is 17.8 Å². The number of aliphatic carboxylic acids is 1. The highest BCUT2D eigenvalue weighted by atomic mass is 16.5. The van der Waals surface area contributed by atoms with Crippen molar-refractivity contribution in [3.8, 4) is 5.75 Å². The highest BCUT2D eigenvalue weighted by molar-refractivity contribution is 5.68. The van der Waals surface area contributed by atoms with Crippen molar-refractivity contribution in [2.45, 2.75) is 84.7 Å². The van der Waals surface area contributed by atoms with Gasteiger partial charge in [-0.05, 0) is 61.1 Å². The fraction of sp³-hybridized carbons (Fsp3) is 0.708. The second kappa shape index (κ2) is 11.5. The van der Waals surface area contributed by atoms with Gasteiger partial charge in [-0.15, -0.1) is 0 Å². The molecule has 1 aromatic rings. The standard InChI is InChI=1S/C24H38O4/c1-4-5-6-7-8-9-12-20-21(17(2)14-22(20)25)15-19-11-10-13-23(18(19)3)28-16-24(26)27/h10-11,13,17,20-22,25H,4-9,12,14-16H2,1-3H3,(H,26,27)/t17-,20+,21-,22+/m0/s1. The molecule has 0 amide bonds. The second-order valence-electron chi connectivity index (χ2n) is 8.59. The van der Waals surface area contributed by atoms with Gasteiger partial charge in [-0.25, -0.2) is 4.79 Å². The van der Waals surface area contributed by atoms with Crippen LogP contribution in [0.1, 0.15) is 76.3 Å². The largest absolute Gasteiger partial charge is 0.482 e. The summed E-state index contributed by atoms with van der Waals surface area (Å²) in [5, 5.41) is 19.5. The van der Waals surface area contributed by atoms with Gasteiger partial charge in [-0.1, -0.05) is 64.5 Å².